The topological polar surface area (TPSA) is 121 Å². The van der Waals surface area contributed by atoms with E-state index in [2.05, 4.69) is 0 Å². The van der Waals surface area contributed by atoms with Crippen molar-refractivity contribution < 1.29 is 26.3 Å². The Bertz CT molecular complexity index is 357. The van der Waals surface area contributed by atoms with Gasteiger partial charge in [-0.15, -0.1) is 0 Å². The zero-order chi connectivity index (χ0) is 11.6. The summed E-state index contributed by atoms with van der Waals surface area (Å²) in [5.41, 5.74) is 3.33. The highest BCUT2D eigenvalue weighted by Crippen LogP contribution is 2.61. The Balaban J connectivity index is 2.35. The maximum atomic E-state index is 10.9. The van der Waals surface area contributed by atoms with E-state index in [4.69, 9.17) is 17.3 Å². The Morgan fingerprint density at radius 1 is 1.50 bits per heavy atom. The van der Waals surface area contributed by atoms with E-state index < -0.39 is 41.3 Å². The lowest BCUT2D eigenvalue weighted by atomic mass is 9.89. The molecule has 0 saturated heterocycles. The molecule has 2 aliphatic rings. The second-order valence-corrected chi connectivity index (χ2v) is 3.88. The monoisotopic (exact) mass is 203 g/mol. The van der Waals surface area contributed by atoms with Crippen molar-refractivity contribution in [3.05, 3.63) is 0 Å². The fourth-order valence-electron chi connectivity index (χ4n) is 2.44. The highest BCUT2D eigenvalue weighted by atomic mass is 16.4. The van der Waals surface area contributed by atoms with Gasteiger partial charge in [0.05, 0.1) is 13.4 Å². The molecule has 0 unspecified atom stereocenters. The van der Waals surface area contributed by atoms with Gasteiger partial charge in [0.25, 0.3) is 0 Å². The number of carboxylic acids is 2. The first-order chi connectivity index (χ1) is 6.73. The Labute approximate surface area is 80.7 Å². The molecule has 6 nitrogen and oxygen atoms in total. The van der Waals surface area contributed by atoms with Crippen LogP contribution in [0.25, 0.3) is 0 Å². The Hall–Kier alpha value is -1.14. The van der Waals surface area contributed by atoms with Gasteiger partial charge in [-0.25, -0.2) is 0 Å². The number of carbonyl (C=O) groups is 2. The predicted octanol–water partition coefficient (Wildman–Crippen LogP) is -1.52. The minimum atomic E-state index is -2.28. The molecule has 0 aromatic rings. The fourth-order valence-corrected chi connectivity index (χ4v) is 2.44. The number of hydrogen-bond acceptors (Lipinski definition) is 4. The smallest absolute Gasteiger partial charge is 0.326 e. The lowest BCUT2D eigenvalue weighted by Crippen LogP contribution is -2.57. The van der Waals surface area contributed by atoms with Gasteiger partial charge in [-0.2, -0.15) is 0 Å². The maximum absolute atomic E-state index is 10.9. The second kappa shape index (κ2) is 2.46. The summed E-state index contributed by atoms with van der Waals surface area (Å²) < 4.78 is 7.42. The van der Waals surface area contributed by atoms with Crippen LogP contribution in [-0.4, -0.2) is 38.9 Å². The summed E-state index contributed by atoms with van der Waals surface area (Å²) in [5, 5.41) is 27.2. The zero-order valence-electron chi connectivity index (χ0n) is 8.17. The lowest BCUT2D eigenvalue weighted by molar-refractivity contribution is -0.149. The van der Waals surface area contributed by atoms with Gasteiger partial charge < -0.3 is 21.1 Å². The van der Waals surface area contributed by atoms with Gasteiger partial charge in [0, 0.05) is 5.92 Å². The SMILES string of the molecule is [3H][C@]1(O)C[C@H]2[C@H](C(=O)O)[C@H]2[C@]1(N)C(=O)O. The number of rotatable bonds is 2. The van der Waals surface area contributed by atoms with Gasteiger partial charge in [-0.3, -0.25) is 9.59 Å². The fraction of sp³-hybridized carbons (Fsp3) is 0.750. The van der Waals surface area contributed by atoms with Crippen molar-refractivity contribution in [1.82, 2.24) is 0 Å². The van der Waals surface area contributed by atoms with Crippen LogP contribution in [-0.2, 0) is 9.59 Å². The number of aliphatic carboxylic acids is 2. The second-order valence-electron chi connectivity index (χ2n) is 3.88. The van der Waals surface area contributed by atoms with Crippen molar-refractivity contribution in [2.24, 2.45) is 23.5 Å². The Morgan fingerprint density at radius 2 is 2.07 bits per heavy atom. The van der Waals surface area contributed by atoms with E-state index in [-0.39, 0.29) is 6.42 Å². The Kier molecular flexibility index (Phi) is 1.44. The standard InChI is InChI=1S/C8H11NO5/c9-8(7(13)14)3(10)1-2-4(5(2)8)6(11)12/h2-5,10H,1,9H2,(H,11,12)(H,13,14)/t2-,3-,4-,5-,8-/m0/s1/i3T. The molecule has 0 spiro atoms. The van der Waals surface area contributed by atoms with Crippen molar-refractivity contribution in [3.63, 3.8) is 0 Å². The molecule has 0 aromatic carbocycles. The van der Waals surface area contributed by atoms with E-state index in [9.17, 15) is 14.7 Å². The number of fused-ring (bicyclic) bond motifs is 1. The van der Waals surface area contributed by atoms with Crippen LogP contribution in [0.5, 0.6) is 0 Å². The van der Waals surface area contributed by atoms with E-state index in [1.807, 2.05) is 0 Å². The number of aliphatic hydroxyl groups is 1. The van der Waals surface area contributed by atoms with Crippen LogP contribution in [0.4, 0.5) is 0 Å². The molecule has 78 valence electrons. The molecule has 2 rings (SSSR count). The molecule has 14 heavy (non-hydrogen) atoms. The molecule has 5 N–H and O–H groups in total. The molecule has 6 heteroatoms. The summed E-state index contributed by atoms with van der Waals surface area (Å²) in [6, 6.07) is 0. The van der Waals surface area contributed by atoms with E-state index in [0.717, 1.165) is 0 Å². The maximum Gasteiger partial charge on any atom is 0.326 e. The summed E-state index contributed by atoms with van der Waals surface area (Å²) in [5.74, 6) is -4.80. The highest BCUT2D eigenvalue weighted by Gasteiger charge is 2.73. The van der Waals surface area contributed by atoms with Gasteiger partial charge in [0.1, 0.15) is 5.54 Å². The summed E-state index contributed by atoms with van der Waals surface area (Å²) >= 11 is 0. The minimum Gasteiger partial charge on any atom is -0.481 e. The molecule has 0 heterocycles. The molecule has 0 bridgehead atoms. The zero-order valence-corrected chi connectivity index (χ0v) is 7.17. The summed E-state index contributed by atoms with van der Waals surface area (Å²) in [4.78, 5) is 21.7. The van der Waals surface area contributed by atoms with Crippen molar-refractivity contribution in [3.8, 4) is 0 Å². The van der Waals surface area contributed by atoms with Crippen LogP contribution in [0.15, 0.2) is 0 Å². The third kappa shape index (κ3) is 0.869. The molecule has 2 aliphatic carbocycles. The molecular weight excluding hydrogens is 190 g/mol. The quantitative estimate of drug-likeness (QED) is 0.432. The molecule has 0 aromatic heterocycles. The normalized spacial score (nSPS) is 56.1. The first kappa shape index (κ1) is 8.19. The first-order valence-corrected chi connectivity index (χ1v) is 4.21. The van der Waals surface area contributed by atoms with Crippen LogP contribution in [0.1, 0.15) is 7.79 Å². The van der Waals surface area contributed by atoms with Crippen LogP contribution >= 0.6 is 0 Å². The lowest BCUT2D eigenvalue weighted by Gasteiger charge is -2.26. The third-order valence-corrected chi connectivity index (χ3v) is 3.24. The van der Waals surface area contributed by atoms with E-state index in [1.165, 1.54) is 0 Å². The van der Waals surface area contributed by atoms with Gasteiger partial charge in [0.15, 0.2) is 0 Å². The highest BCUT2D eigenvalue weighted by molar-refractivity contribution is 5.86. The summed E-state index contributed by atoms with van der Waals surface area (Å²) in [7, 11) is 0. The van der Waals surface area contributed by atoms with Crippen LogP contribution in [0, 0.1) is 17.8 Å². The average molecular weight is 203 g/mol. The summed E-state index contributed by atoms with van der Waals surface area (Å²) in [6.45, 7) is 0. The molecular formula is C8H11NO5. The Morgan fingerprint density at radius 3 is 2.50 bits per heavy atom. The van der Waals surface area contributed by atoms with Crippen molar-refractivity contribution >= 4 is 11.9 Å². The first-order valence-electron chi connectivity index (χ1n) is 4.71. The predicted molar refractivity (Wildman–Crippen MR) is 43.3 cm³/mol. The molecule has 2 fully saturated rings. The van der Waals surface area contributed by atoms with Crippen molar-refractivity contribution in [2.75, 3.05) is 0 Å². The van der Waals surface area contributed by atoms with Crippen LogP contribution in [0.2, 0.25) is 0 Å². The number of nitrogens with two attached hydrogens (primary N) is 1. The molecule has 2 saturated carbocycles. The molecule has 0 amide bonds. The van der Waals surface area contributed by atoms with Gasteiger partial charge >= 0.3 is 11.9 Å². The minimum absolute atomic E-state index is 0.197. The van der Waals surface area contributed by atoms with Crippen LogP contribution in [0.3, 0.4) is 0 Å². The number of carboxylic acid groups (broad SMARTS) is 2. The van der Waals surface area contributed by atoms with E-state index in [0.29, 0.717) is 0 Å². The number of hydrogen-bond donors (Lipinski definition) is 4. The van der Waals surface area contributed by atoms with Crippen LogP contribution < -0.4 is 5.73 Å². The molecule has 0 aliphatic heterocycles. The molecule has 0 radical (unpaired) electrons. The van der Waals surface area contributed by atoms with Crippen molar-refractivity contribution in [1.29, 1.82) is 0 Å². The largest absolute Gasteiger partial charge is 0.481 e. The van der Waals surface area contributed by atoms with Gasteiger partial charge in [0.2, 0.25) is 0 Å². The third-order valence-electron chi connectivity index (χ3n) is 3.24. The van der Waals surface area contributed by atoms with Gasteiger partial charge in [-0.1, -0.05) is 0 Å². The summed E-state index contributed by atoms with van der Waals surface area (Å²) in [6.07, 6.45) is -2.47. The van der Waals surface area contributed by atoms with Gasteiger partial charge in [-0.05, 0) is 12.3 Å². The van der Waals surface area contributed by atoms with Crippen molar-refractivity contribution in [2.45, 2.75) is 18.0 Å². The molecule has 5 atom stereocenters. The average Bonchev–Trinajstić information content (AvgIpc) is 2.70. The van der Waals surface area contributed by atoms with E-state index in [1.54, 1.807) is 0 Å². The van der Waals surface area contributed by atoms with E-state index >= 15 is 0 Å².